The number of nitro groups is 1. The Morgan fingerprint density at radius 1 is 0.579 bits per heavy atom. The number of hydrogen-bond donors (Lipinski definition) is 5. The number of nitrogens with zero attached hydrogens (tertiary/aromatic N) is 9. The Morgan fingerprint density at radius 3 is 1.43 bits per heavy atom. The van der Waals surface area contributed by atoms with E-state index in [4.69, 9.17) is 28.9 Å². The number of fused-ring (bicyclic) bond motifs is 2. The Balaban J connectivity index is 0.000000186. The average molecular weight is 1110 g/mol. The maximum atomic E-state index is 12.6. The van der Waals surface area contributed by atoms with Gasteiger partial charge in [0, 0.05) is 76.5 Å². The first-order valence-corrected chi connectivity index (χ1v) is 28.2. The molecular formula is C52H54Cl2N14O6S2. The minimum absolute atomic E-state index is 0.0624. The van der Waals surface area contributed by atoms with Crippen molar-refractivity contribution in [1.82, 2.24) is 49.6 Å². The van der Waals surface area contributed by atoms with Gasteiger partial charge < -0.3 is 26.2 Å². The summed E-state index contributed by atoms with van der Waals surface area (Å²) in [4.78, 5) is 24.8. The third-order valence-corrected chi connectivity index (χ3v) is 16.6. The summed E-state index contributed by atoms with van der Waals surface area (Å²) in [5.74, 6) is 0.552. The molecule has 2 saturated heterocycles. The van der Waals surface area contributed by atoms with E-state index in [1.807, 2.05) is 38.1 Å². The summed E-state index contributed by atoms with van der Waals surface area (Å²) in [6.45, 7) is 10.1. The van der Waals surface area contributed by atoms with Gasteiger partial charge in [-0.3, -0.25) is 10.1 Å². The molecule has 2 aliphatic heterocycles. The Kier molecular flexibility index (Phi) is 16.6. The standard InChI is InChI=1S/C26H26ClN7O4S.C26H28ClN7O2S/c1-17-14-18(22-16-20(34(35)36)6-9-23(22)27)15-24-25(17)30-26(32-31-24)29-19-4-7-21(8-5-19)39(37,38)28-10-13-33-11-2-3-12-33;1-17-14-18(22-16-19(28)4-9-23(22)27)15-24-25(17)31-26(33-32-24)30-20-5-7-21(8-6-20)37(35,36)29-10-13-34-11-2-3-12-34/h4-9,14-16,28H,2-3,10-13H2,1H3,(H,29,30,32);4-9,14-16,29H,2-3,10-13,28H2,1H3,(H,30,31,33). The van der Waals surface area contributed by atoms with E-state index in [0.717, 1.165) is 67.8 Å². The van der Waals surface area contributed by atoms with Crippen LogP contribution in [0.5, 0.6) is 0 Å². The van der Waals surface area contributed by atoms with Crippen LogP contribution >= 0.6 is 23.2 Å². The zero-order chi connectivity index (χ0) is 53.6. The van der Waals surface area contributed by atoms with Crippen LogP contribution in [0.4, 0.5) is 34.6 Å². The van der Waals surface area contributed by atoms with E-state index in [0.29, 0.717) is 85.9 Å². The fourth-order valence-corrected chi connectivity index (χ4v) is 11.5. The summed E-state index contributed by atoms with van der Waals surface area (Å²) in [5.41, 5.74) is 14.7. The zero-order valence-electron chi connectivity index (χ0n) is 41.5. The van der Waals surface area contributed by atoms with Crippen LogP contribution in [0.25, 0.3) is 44.3 Å². The number of nitrogens with one attached hydrogen (secondary N) is 4. The lowest BCUT2D eigenvalue weighted by Crippen LogP contribution is -2.33. The van der Waals surface area contributed by atoms with Crippen molar-refractivity contribution in [2.75, 3.05) is 68.7 Å². The molecule has 394 valence electrons. The predicted octanol–water partition coefficient (Wildman–Crippen LogP) is 9.03. The van der Waals surface area contributed by atoms with Crippen molar-refractivity contribution in [3.63, 3.8) is 0 Å². The van der Waals surface area contributed by atoms with Crippen LogP contribution in [0.15, 0.2) is 119 Å². The van der Waals surface area contributed by atoms with Gasteiger partial charge in [-0.05, 0) is 185 Å². The van der Waals surface area contributed by atoms with E-state index in [2.05, 4.69) is 60.2 Å². The molecule has 6 N–H and O–H groups in total. The molecule has 8 aromatic rings. The normalized spacial score (nSPS) is 14.2. The van der Waals surface area contributed by atoms with E-state index in [9.17, 15) is 26.9 Å². The minimum atomic E-state index is -3.61. The minimum Gasteiger partial charge on any atom is -0.399 e. The van der Waals surface area contributed by atoms with Crippen LogP contribution in [0.1, 0.15) is 36.8 Å². The van der Waals surface area contributed by atoms with Crippen LogP contribution in [0.3, 0.4) is 0 Å². The van der Waals surface area contributed by atoms with Crippen molar-refractivity contribution in [2.45, 2.75) is 49.3 Å². The number of hydrogen-bond acceptors (Lipinski definition) is 17. The number of aromatic nitrogens is 6. The fraction of sp³-hybridized carbons (Fsp3) is 0.269. The lowest BCUT2D eigenvalue weighted by atomic mass is 10.0. The van der Waals surface area contributed by atoms with Gasteiger partial charge in [-0.1, -0.05) is 23.2 Å². The average Bonchev–Trinajstić information content (AvgIpc) is 4.14. The molecule has 0 spiro atoms. The molecule has 2 fully saturated rings. The van der Waals surface area contributed by atoms with Crippen molar-refractivity contribution in [3.05, 3.63) is 140 Å². The molecule has 0 aliphatic carbocycles. The number of sulfonamides is 2. The number of rotatable bonds is 17. The summed E-state index contributed by atoms with van der Waals surface area (Å²) >= 11 is 12.7. The van der Waals surface area contributed by atoms with Crippen LogP contribution in [-0.2, 0) is 20.0 Å². The Morgan fingerprint density at radius 2 is 1.00 bits per heavy atom. The van der Waals surface area contributed by atoms with Gasteiger partial charge in [-0.15, -0.1) is 20.4 Å². The van der Waals surface area contributed by atoms with Crippen molar-refractivity contribution in [1.29, 1.82) is 0 Å². The van der Waals surface area contributed by atoms with Gasteiger partial charge in [-0.2, -0.15) is 0 Å². The van der Waals surface area contributed by atoms with Gasteiger partial charge in [0.1, 0.15) is 11.0 Å². The summed E-state index contributed by atoms with van der Waals surface area (Å²) in [7, 11) is -7.18. The monoisotopic (exact) mass is 1100 g/mol. The fourth-order valence-electron chi connectivity index (χ4n) is 9.00. The second-order valence-electron chi connectivity index (χ2n) is 18.4. The number of nitro benzene ring substituents is 1. The molecule has 4 heterocycles. The highest BCUT2D eigenvalue weighted by Crippen LogP contribution is 2.35. The largest absolute Gasteiger partial charge is 0.399 e. The number of likely N-dealkylation sites (tertiary alicyclic amines) is 2. The van der Waals surface area contributed by atoms with Gasteiger partial charge in [0.15, 0.2) is 0 Å². The third-order valence-electron chi connectivity index (χ3n) is 13.0. The first-order chi connectivity index (χ1) is 36.5. The second-order valence-corrected chi connectivity index (χ2v) is 22.8. The number of nitrogen functional groups attached to an aromatic ring is 1. The summed E-state index contributed by atoms with van der Waals surface area (Å²) in [6.07, 6.45) is 4.67. The highest BCUT2D eigenvalue weighted by Gasteiger charge is 2.20. The molecule has 0 radical (unpaired) electrons. The van der Waals surface area contributed by atoms with E-state index in [-0.39, 0.29) is 21.4 Å². The van der Waals surface area contributed by atoms with Gasteiger partial charge in [-0.25, -0.2) is 36.2 Å². The predicted molar refractivity (Wildman–Crippen MR) is 297 cm³/mol. The number of anilines is 5. The topological polar surface area (TPSA) is 269 Å². The molecule has 10 rings (SSSR count). The second kappa shape index (κ2) is 23.5. The molecular weight excluding hydrogens is 1050 g/mol. The van der Waals surface area contributed by atoms with Gasteiger partial charge in [0.05, 0.1) is 25.7 Å². The lowest BCUT2D eigenvalue weighted by molar-refractivity contribution is -0.384. The van der Waals surface area contributed by atoms with E-state index >= 15 is 0 Å². The Bertz CT molecular complexity index is 3660. The molecule has 0 atom stereocenters. The van der Waals surface area contributed by atoms with Crippen LogP contribution in [-0.4, -0.2) is 114 Å². The molecule has 0 amide bonds. The lowest BCUT2D eigenvalue weighted by Gasteiger charge is -2.15. The summed E-state index contributed by atoms with van der Waals surface area (Å²) in [5, 5.41) is 35.3. The number of non-ortho nitro benzene ring substituents is 1. The first-order valence-electron chi connectivity index (χ1n) is 24.5. The van der Waals surface area contributed by atoms with Gasteiger partial charge in [0.25, 0.3) is 5.69 Å². The van der Waals surface area contributed by atoms with Crippen molar-refractivity contribution in [3.8, 4) is 22.3 Å². The Labute approximate surface area is 449 Å². The van der Waals surface area contributed by atoms with E-state index in [1.165, 1.54) is 43.2 Å². The van der Waals surface area contributed by atoms with Crippen molar-refractivity contribution < 1.29 is 21.8 Å². The van der Waals surface area contributed by atoms with E-state index < -0.39 is 25.0 Å². The number of nitrogens with two attached hydrogens (primary N) is 1. The third kappa shape index (κ3) is 13.1. The van der Waals surface area contributed by atoms with E-state index in [1.54, 1.807) is 54.6 Å². The molecule has 76 heavy (non-hydrogen) atoms. The molecule has 6 aromatic carbocycles. The van der Waals surface area contributed by atoms with Gasteiger partial charge >= 0.3 is 0 Å². The highest BCUT2D eigenvalue weighted by atomic mass is 35.5. The molecule has 0 saturated carbocycles. The maximum Gasteiger partial charge on any atom is 0.270 e. The highest BCUT2D eigenvalue weighted by molar-refractivity contribution is 7.89. The summed E-state index contributed by atoms with van der Waals surface area (Å²) < 4.78 is 55.9. The number of benzene rings is 6. The molecule has 24 heteroatoms. The van der Waals surface area contributed by atoms with Crippen LogP contribution in [0, 0.1) is 24.0 Å². The smallest absolute Gasteiger partial charge is 0.270 e. The number of aryl methyl sites for hydroxylation is 2. The SMILES string of the molecule is Cc1cc(-c2cc(N)ccc2Cl)cc2nnc(Nc3ccc(S(=O)(=O)NCCN4CCCC4)cc3)nc12.Cc1cc(-c2cc([N+](=O)[O-])ccc2Cl)cc2nnc(Nc3ccc(S(=O)(=O)NCCN4CCCC4)cc3)nc12. The zero-order valence-corrected chi connectivity index (χ0v) is 44.6. The maximum absolute atomic E-state index is 12.6. The van der Waals surface area contributed by atoms with Crippen molar-refractivity contribution >= 4 is 100.0 Å². The van der Waals surface area contributed by atoms with Crippen LogP contribution in [0.2, 0.25) is 10.0 Å². The molecule has 2 aromatic heterocycles. The molecule has 2 aliphatic rings. The first kappa shape index (κ1) is 53.8. The number of halogens is 2. The van der Waals surface area contributed by atoms with Crippen LogP contribution < -0.4 is 25.8 Å². The quantitative estimate of drug-likeness (QED) is 0.0323. The molecule has 0 unspecified atom stereocenters. The molecule has 0 bridgehead atoms. The van der Waals surface area contributed by atoms with Crippen molar-refractivity contribution in [2.24, 2.45) is 0 Å². The molecule has 20 nitrogen and oxygen atoms in total. The summed E-state index contributed by atoms with van der Waals surface area (Å²) in [6, 6.07) is 29.9. The Hall–Kier alpha value is -7.02. The van der Waals surface area contributed by atoms with Gasteiger partial charge in [0.2, 0.25) is 31.9 Å².